The molecule has 1 atom stereocenters. The molecule has 1 heterocycles. The van der Waals surface area contributed by atoms with Crippen molar-refractivity contribution in [3.8, 4) is 0 Å². The van der Waals surface area contributed by atoms with Crippen LogP contribution >= 0.6 is 0 Å². The Morgan fingerprint density at radius 1 is 1.57 bits per heavy atom. The molecule has 80 valence electrons. The Balaban J connectivity index is 2.32. The highest BCUT2D eigenvalue weighted by atomic mass is 16.2. The molecule has 1 aliphatic rings. The number of urea groups is 1. The summed E-state index contributed by atoms with van der Waals surface area (Å²) in [5.41, 5.74) is 10.3. The monoisotopic (exact) mass is 200 g/mol. The standard InChI is InChI=1S/C8H16N4O2/c1-5(7(13)11-8(10)14)12-3-6(2-9)4-12/h5-6H,2-4,9H2,1H3,(H3,10,11,13,14). The van der Waals surface area contributed by atoms with E-state index in [1.54, 1.807) is 6.92 Å². The van der Waals surface area contributed by atoms with E-state index in [4.69, 9.17) is 11.5 Å². The fourth-order valence-corrected chi connectivity index (χ4v) is 1.47. The van der Waals surface area contributed by atoms with E-state index in [9.17, 15) is 9.59 Å². The van der Waals surface area contributed by atoms with Crippen molar-refractivity contribution in [1.29, 1.82) is 0 Å². The predicted octanol–water partition coefficient (Wildman–Crippen LogP) is -1.54. The quantitative estimate of drug-likeness (QED) is 0.514. The van der Waals surface area contributed by atoms with E-state index < -0.39 is 6.03 Å². The molecule has 6 heteroatoms. The number of carbonyl (C=O) groups is 2. The summed E-state index contributed by atoms with van der Waals surface area (Å²) in [5.74, 6) is 0.117. The number of nitrogens with one attached hydrogen (secondary N) is 1. The molecular weight excluding hydrogens is 184 g/mol. The first-order valence-corrected chi connectivity index (χ1v) is 4.59. The van der Waals surface area contributed by atoms with Crippen LogP contribution in [-0.4, -0.2) is 42.5 Å². The van der Waals surface area contributed by atoms with Crippen molar-refractivity contribution < 1.29 is 9.59 Å². The Hall–Kier alpha value is -1.14. The Bertz CT molecular complexity index is 237. The number of hydrogen-bond donors (Lipinski definition) is 3. The maximum Gasteiger partial charge on any atom is 0.318 e. The highest BCUT2D eigenvalue weighted by Crippen LogP contribution is 2.16. The minimum atomic E-state index is -0.808. The van der Waals surface area contributed by atoms with Gasteiger partial charge in [0.15, 0.2) is 0 Å². The second-order valence-electron chi connectivity index (χ2n) is 3.59. The van der Waals surface area contributed by atoms with Gasteiger partial charge in [0.25, 0.3) is 0 Å². The van der Waals surface area contributed by atoms with E-state index in [2.05, 4.69) is 5.32 Å². The lowest BCUT2D eigenvalue weighted by atomic mass is 9.98. The SMILES string of the molecule is CC(C(=O)NC(N)=O)N1CC(CN)C1. The van der Waals surface area contributed by atoms with Gasteiger partial charge >= 0.3 is 6.03 Å². The summed E-state index contributed by atoms with van der Waals surface area (Å²) in [4.78, 5) is 23.7. The van der Waals surface area contributed by atoms with Gasteiger partial charge in [-0.25, -0.2) is 4.79 Å². The molecule has 0 spiro atoms. The van der Waals surface area contributed by atoms with Gasteiger partial charge in [0.2, 0.25) is 5.91 Å². The van der Waals surface area contributed by atoms with Crippen LogP contribution in [0, 0.1) is 5.92 Å². The summed E-state index contributed by atoms with van der Waals surface area (Å²) in [7, 11) is 0. The molecule has 0 aromatic heterocycles. The number of nitrogens with zero attached hydrogens (tertiary/aromatic N) is 1. The molecule has 1 fully saturated rings. The maximum absolute atomic E-state index is 11.3. The van der Waals surface area contributed by atoms with Crippen molar-refractivity contribution in [2.24, 2.45) is 17.4 Å². The van der Waals surface area contributed by atoms with Gasteiger partial charge < -0.3 is 11.5 Å². The molecule has 1 aliphatic heterocycles. The lowest BCUT2D eigenvalue weighted by Crippen LogP contribution is -2.58. The van der Waals surface area contributed by atoms with Crippen molar-refractivity contribution in [2.75, 3.05) is 19.6 Å². The molecule has 6 nitrogen and oxygen atoms in total. The van der Waals surface area contributed by atoms with Crippen molar-refractivity contribution in [3.05, 3.63) is 0 Å². The summed E-state index contributed by atoms with van der Waals surface area (Å²) >= 11 is 0. The Morgan fingerprint density at radius 2 is 2.14 bits per heavy atom. The highest BCUT2D eigenvalue weighted by molar-refractivity contribution is 5.96. The van der Waals surface area contributed by atoms with Crippen LogP contribution in [0.5, 0.6) is 0 Å². The van der Waals surface area contributed by atoms with E-state index in [0.717, 1.165) is 13.1 Å². The average molecular weight is 200 g/mol. The first kappa shape index (κ1) is 10.9. The molecule has 1 rings (SSSR count). The van der Waals surface area contributed by atoms with Crippen molar-refractivity contribution >= 4 is 11.9 Å². The van der Waals surface area contributed by atoms with Crippen molar-refractivity contribution in [1.82, 2.24) is 10.2 Å². The van der Waals surface area contributed by atoms with Gasteiger partial charge in [-0.15, -0.1) is 0 Å². The van der Waals surface area contributed by atoms with Crippen LogP contribution in [0.4, 0.5) is 4.79 Å². The van der Waals surface area contributed by atoms with Gasteiger partial charge in [-0.1, -0.05) is 0 Å². The normalized spacial score (nSPS) is 19.9. The minimum Gasteiger partial charge on any atom is -0.351 e. The van der Waals surface area contributed by atoms with Crippen LogP contribution in [0.1, 0.15) is 6.92 Å². The summed E-state index contributed by atoms with van der Waals surface area (Å²) in [6, 6.07) is -1.12. The second-order valence-corrected chi connectivity index (χ2v) is 3.59. The topological polar surface area (TPSA) is 101 Å². The maximum atomic E-state index is 11.3. The van der Waals surface area contributed by atoms with Crippen molar-refractivity contribution in [3.63, 3.8) is 0 Å². The van der Waals surface area contributed by atoms with Crippen LogP contribution in [0.25, 0.3) is 0 Å². The van der Waals surface area contributed by atoms with E-state index in [-0.39, 0.29) is 11.9 Å². The highest BCUT2D eigenvalue weighted by Gasteiger charge is 2.32. The van der Waals surface area contributed by atoms with Crippen molar-refractivity contribution in [2.45, 2.75) is 13.0 Å². The number of rotatable bonds is 3. The molecule has 5 N–H and O–H groups in total. The van der Waals surface area contributed by atoms with Crippen LogP contribution < -0.4 is 16.8 Å². The zero-order chi connectivity index (χ0) is 10.7. The zero-order valence-corrected chi connectivity index (χ0v) is 8.19. The summed E-state index contributed by atoms with van der Waals surface area (Å²) < 4.78 is 0. The number of nitrogens with two attached hydrogens (primary N) is 2. The third kappa shape index (κ3) is 2.43. The van der Waals surface area contributed by atoms with E-state index >= 15 is 0 Å². The predicted molar refractivity (Wildman–Crippen MR) is 51.3 cm³/mol. The molecule has 1 unspecified atom stereocenters. The summed E-state index contributed by atoms with van der Waals surface area (Å²) in [6.07, 6.45) is 0. The van der Waals surface area contributed by atoms with Crippen LogP contribution in [0.2, 0.25) is 0 Å². The van der Waals surface area contributed by atoms with Gasteiger partial charge in [0, 0.05) is 13.1 Å². The number of amides is 3. The van der Waals surface area contributed by atoms with Gasteiger partial charge in [0.05, 0.1) is 6.04 Å². The first-order chi connectivity index (χ1) is 6.54. The van der Waals surface area contributed by atoms with Gasteiger partial charge in [-0.3, -0.25) is 15.0 Å². The number of primary amides is 1. The third-order valence-corrected chi connectivity index (χ3v) is 2.49. The molecule has 0 bridgehead atoms. The molecule has 3 amide bonds. The second kappa shape index (κ2) is 4.39. The third-order valence-electron chi connectivity index (χ3n) is 2.49. The average Bonchev–Trinajstić information content (AvgIpc) is 2.00. The number of likely N-dealkylation sites (tertiary alicyclic amines) is 1. The lowest BCUT2D eigenvalue weighted by Gasteiger charge is -2.41. The van der Waals surface area contributed by atoms with E-state index in [1.807, 2.05) is 4.90 Å². The van der Waals surface area contributed by atoms with Gasteiger partial charge in [0.1, 0.15) is 0 Å². The molecule has 0 radical (unpaired) electrons. The van der Waals surface area contributed by atoms with Gasteiger partial charge in [-0.2, -0.15) is 0 Å². The Morgan fingerprint density at radius 3 is 2.57 bits per heavy atom. The Labute approximate surface area is 82.6 Å². The van der Waals surface area contributed by atoms with Gasteiger partial charge in [-0.05, 0) is 19.4 Å². The lowest BCUT2D eigenvalue weighted by molar-refractivity contribution is -0.127. The van der Waals surface area contributed by atoms with Crippen LogP contribution in [0.3, 0.4) is 0 Å². The molecule has 0 aliphatic carbocycles. The smallest absolute Gasteiger partial charge is 0.318 e. The number of hydrogen-bond acceptors (Lipinski definition) is 4. The molecule has 14 heavy (non-hydrogen) atoms. The summed E-state index contributed by atoms with van der Waals surface area (Å²) in [6.45, 7) is 4.00. The molecule has 1 saturated heterocycles. The van der Waals surface area contributed by atoms with E-state index in [0.29, 0.717) is 12.5 Å². The fraction of sp³-hybridized carbons (Fsp3) is 0.750. The van der Waals surface area contributed by atoms with E-state index in [1.165, 1.54) is 0 Å². The molecular formula is C8H16N4O2. The zero-order valence-electron chi connectivity index (χ0n) is 8.19. The Kier molecular flexibility index (Phi) is 3.43. The first-order valence-electron chi connectivity index (χ1n) is 4.59. The van der Waals surface area contributed by atoms with Crippen LogP contribution in [-0.2, 0) is 4.79 Å². The number of imide groups is 1. The fourth-order valence-electron chi connectivity index (χ4n) is 1.47. The van der Waals surface area contributed by atoms with Crippen LogP contribution in [0.15, 0.2) is 0 Å². The largest absolute Gasteiger partial charge is 0.351 e. The molecule has 0 aromatic rings. The summed E-state index contributed by atoms with van der Waals surface area (Å²) in [5, 5.41) is 2.05. The molecule has 0 saturated carbocycles. The minimum absolute atomic E-state index is 0.315. The molecule has 0 aromatic carbocycles. The number of carbonyl (C=O) groups excluding carboxylic acids is 2.